The molecule has 1 atom stereocenters. The first-order valence-electron chi connectivity index (χ1n) is 6.88. The molecule has 2 aromatic heterocycles. The summed E-state index contributed by atoms with van der Waals surface area (Å²) in [5.41, 5.74) is 0. The van der Waals surface area contributed by atoms with E-state index in [1.807, 2.05) is 10.8 Å². The lowest BCUT2D eigenvalue weighted by Crippen LogP contribution is -2.36. The van der Waals surface area contributed by atoms with Gasteiger partial charge in [0.05, 0.1) is 12.3 Å². The van der Waals surface area contributed by atoms with Gasteiger partial charge in [-0.3, -0.25) is 4.68 Å². The van der Waals surface area contributed by atoms with Crippen LogP contribution in [0, 0.1) is 5.92 Å². The smallest absolute Gasteiger partial charge is 0.214 e. The monoisotopic (exact) mass is 310 g/mol. The number of imidazole rings is 1. The molecule has 8 nitrogen and oxygen atoms in total. The molecule has 1 aliphatic heterocycles. The van der Waals surface area contributed by atoms with Gasteiger partial charge >= 0.3 is 0 Å². The van der Waals surface area contributed by atoms with E-state index in [9.17, 15) is 8.42 Å². The van der Waals surface area contributed by atoms with Crippen LogP contribution in [-0.4, -0.2) is 49.3 Å². The van der Waals surface area contributed by atoms with E-state index in [1.54, 1.807) is 24.1 Å². The van der Waals surface area contributed by atoms with E-state index in [-0.39, 0.29) is 11.7 Å². The fraction of sp³-hybridized carbons (Fsp3) is 0.583. The van der Waals surface area contributed by atoms with Crippen molar-refractivity contribution in [2.45, 2.75) is 26.6 Å². The molecule has 0 radical (unpaired) electrons. The van der Waals surface area contributed by atoms with Crippen LogP contribution < -0.4 is 0 Å². The highest BCUT2D eigenvalue weighted by molar-refractivity contribution is 7.89. The van der Waals surface area contributed by atoms with Gasteiger partial charge in [-0.2, -0.15) is 9.40 Å². The standard InChI is InChI=1S/C12H18N6O2S/c1-2-21(19,20)18-7-11(6-17-10-13-9-15-17)5-16-4-3-14-12(16)8-18/h3-4,9-11H,2,5-8H2,1H3/t11-/m0/s1. The number of rotatable bonds is 4. The molecule has 0 saturated heterocycles. The van der Waals surface area contributed by atoms with Crippen LogP contribution in [0.1, 0.15) is 12.7 Å². The van der Waals surface area contributed by atoms with Crippen LogP contribution >= 0.6 is 0 Å². The molecule has 3 rings (SSSR count). The maximum Gasteiger partial charge on any atom is 0.214 e. The minimum atomic E-state index is -3.24. The number of fused-ring (bicyclic) bond motifs is 1. The fourth-order valence-corrected chi connectivity index (χ4v) is 3.72. The van der Waals surface area contributed by atoms with E-state index in [4.69, 9.17) is 0 Å². The zero-order chi connectivity index (χ0) is 14.9. The average molecular weight is 310 g/mol. The lowest BCUT2D eigenvalue weighted by molar-refractivity contribution is 0.302. The highest BCUT2D eigenvalue weighted by atomic mass is 32.2. The van der Waals surface area contributed by atoms with E-state index in [0.29, 0.717) is 19.6 Å². The summed E-state index contributed by atoms with van der Waals surface area (Å²) in [7, 11) is -3.24. The molecule has 3 heterocycles. The minimum absolute atomic E-state index is 0.101. The Labute approximate surface area is 123 Å². The zero-order valence-electron chi connectivity index (χ0n) is 11.8. The molecule has 0 aliphatic carbocycles. The summed E-state index contributed by atoms with van der Waals surface area (Å²) >= 11 is 0. The summed E-state index contributed by atoms with van der Waals surface area (Å²) < 4.78 is 29.8. The minimum Gasteiger partial charge on any atom is -0.333 e. The average Bonchev–Trinajstić information content (AvgIpc) is 3.08. The summed E-state index contributed by atoms with van der Waals surface area (Å²) in [6.45, 7) is 3.83. The molecule has 0 bridgehead atoms. The lowest BCUT2D eigenvalue weighted by Gasteiger charge is -2.22. The van der Waals surface area contributed by atoms with Crippen LogP contribution in [0.3, 0.4) is 0 Å². The van der Waals surface area contributed by atoms with Gasteiger partial charge in [-0.15, -0.1) is 0 Å². The van der Waals surface area contributed by atoms with Crippen LogP contribution in [0.5, 0.6) is 0 Å². The Morgan fingerprint density at radius 2 is 2.24 bits per heavy atom. The lowest BCUT2D eigenvalue weighted by atomic mass is 10.1. The van der Waals surface area contributed by atoms with Crippen LogP contribution in [0.4, 0.5) is 0 Å². The predicted molar refractivity (Wildman–Crippen MR) is 75.6 cm³/mol. The Balaban J connectivity index is 1.88. The third kappa shape index (κ3) is 2.98. The summed E-state index contributed by atoms with van der Waals surface area (Å²) in [5.74, 6) is 1.01. The number of sulfonamides is 1. The molecule has 0 N–H and O–H groups in total. The van der Waals surface area contributed by atoms with E-state index < -0.39 is 10.0 Å². The Hall–Kier alpha value is -1.74. The van der Waals surface area contributed by atoms with Crippen LogP contribution in [-0.2, 0) is 29.7 Å². The molecule has 0 unspecified atom stereocenters. The summed E-state index contributed by atoms with van der Waals surface area (Å²) in [5, 5.41) is 4.10. The normalized spacial score (nSPS) is 20.1. The van der Waals surface area contributed by atoms with Gasteiger partial charge in [-0.1, -0.05) is 0 Å². The van der Waals surface area contributed by atoms with Crippen LogP contribution in [0.15, 0.2) is 25.0 Å². The Bertz CT molecular complexity index is 693. The molecule has 0 fully saturated rings. The summed E-state index contributed by atoms with van der Waals surface area (Å²) in [4.78, 5) is 8.20. The van der Waals surface area contributed by atoms with Crippen molar-refractivity contribution >= 4 is 10.0 Å². The second-order valence-electron chi connectivity index (χ2n) is 5.17. The molecular weight excluding hydrogens is 292 g/mol. The van der Waals surface area contributed by atoms with E-state index in [0.717, 1.165) is 12.4 Å². The number of hydrogen-bond donors (Lipinski definition) is 0. The molecule has 21 heavy (non-hydrogen) atoms. The van der Waals surface area contributed by atoms with Crippen LogP contribution in [0.25, 0.3) is 0 Å². The van der Waals surface area contributed by atoms with E-state index in [2.05, 4.69) is 15.1 Å². The highest BCUT2D eigenvalue weighted by Gasteiger charge is 2.29. The molecular formula is C12H18N6O2S. The molecule has 0 aromatic carbocycles. The first-order valence-corrected chi connectivity index (χ1v) is 8.49. The molecule has 1 aliphatic rings. The SMILES string of the molecule is CCS(=O)(=O)N1Cc2nccn2C[C@@H](Cn2cncn2)C1. The van der Waals surface area contributed by atoms with E-state index >= 15 is 0 Å². The molecule has 2 aromatic rings. The number of aromatic nitrogens is 5. The Morgan fingerprint density at radius 3 is 2.95 bits per heavy atom. The summed E-state index contributed by atoms with van der Waals surface area (Å²) in [6.07, 6.45) is 6.74. The molecule has 9 heteroatoms. The van der Waals surface area contributed by atoms with Gasteiger partial charge in [0.2, 0.25) is 10.0 Å². The largest absolute Gasteiger partial charge is 0.333 e. The van der Waals surface area contributed by atoms with Gasteiger partial charge in [0.1, 0.15) is 18.5 Å². The van der Waals surface area contributed by atoms with Crippen molar-refractivity contribution in [3.63, 3.8) is 0 Å². The molecule has 0 spiro atoms. The molecule has 0 amide bonds. The van der Waals surface area contributed by atoms with Crippen molar-refractivity contribution in [1.82, 2.24) is 28.6 Å². The maximum atomic E-state index is 12.2. The van der Waals surface area contributed by atoms with Crippen molar-refractivity contribution in [3.05, 3.63) is 30.9 Å². The maximum absolute atomic E-state index is 12.2. The molecule has 0 saturated carbocycles. The third-order valence-corrected chi connectivity index (χ3v) is 5.50. The third-order valence-electron chi connectivity index (χ3n) is 3.71. The quantitative estimate of drug-likeness (QED) is 0.791. The van der Waals surface area contributed by atoms with Crippen molar-refractivity contribution < 1.29 is 8.42 Å². The number of hydrogen-bond acceptors (Lipinski definition) is 5. The topological polar surface area (TPSA) is 85.9 Å². The van der Waals surface area contributed by atoms with Gasteiger partial charge in [0.15, 0.2) is 0 Å². The predicted octanol–water partition coefficient (Wildman–Crippen LogP) is -0.0437. The fourth-order valence-electron chi connectivity index (χ4n) is 2.61. The van der Waals surface area contributed by atoms with Crippen LogP contribution in [0.2, 0.25) is 0 Å². The van der Waals surface area contributed by atoms with Gasteiger partial charge in [0.25, 0.3) is 0 Å². The summed E-state index contributed by atoms with van der Waals surface area (Å²) in [6, 6.07) is 0. The van der Waals surface area contributed by atoms with Crippen molar-refractivity contribution in [2.24, 2.45) is 5.92 Å². The van der Waals surface area contributed by atoms with Crippen molar-refractivity contribution in [1.29, 1.82) is 0 Å². The first kappa shape index (κ1) is 14.2. The highest BCUT2D eigenvalue weighted by Crippen LogP contribution is 2.19. The molecule has 114 valence electrons. The van der Waals surface area contributed by atoms with Gasteiger partial charge in [-0.25, -0.2) is 18.4 Å². The first-order chi connectivity index (χ1) is 10.1. The van der Waals surface area contributed by atoms with Gasteiger partial charge in [0, 0.05) is 37.9 Å². The van der Waals surface area contributed by atoms with Crippen molar-refractivity contribution in [3.8, 4) is 0 Å². The number of nitrogens with zero attached hydrogens (tertiary/aromatic N) is 6. The Kier molecular flexibility index (Phi) is 3.77. The zero-order valence-corrected chi connectivity index (χ0v) is 12.6. The van der Waals surface area contributed by atoms with Gasteiger partial charge < -0.3 is 4.57 Å². The Morgan fingerprint density at radius 1 is 1.38 bits per heavy atom. The van der Waals surface area contributed by atoms with E-state index in [1.165, 1.54) is 10.6 Å². The second-order valence-corrected chi connectivity index (χ2v) is 7.43. The van der Waals surface area contributed by atoms with Crippen molar-refractivity contribution in [2.75, 3.05) is 12.3 Å². The second kappa shape index (κ2) is 5.57. The van der Waals surface area contributed by atoms with Gasteiger partial charge in [-0.05, 0) is 6.92 Å².